The molecular formula is C37H54O9Si. The van der Waals surface area contributed by atoms with Crippen LogP contribution in [-0.4, -0.2) is 72.8 Å². The Hall–Kier alpha value is -3.31. The molecule has 1 aliphatic rings. The van der Waals surface area contributed by atoms with Crippen molar-refractivity contribution in [2.24, 2.45) is 5.92 Å². The first-order valence-corrected chi connectivity index (χ1v) is 19.9. The van der Waals surface area contributed by atoms with Gasteiger partial charge in [0.15, 0.2) is 17.3 Å². The van der Waals surface area contributed by atoms with Crippen LogP contribution in [0.1, 0.15) is 62.0 Å². The molecule has 10 heteroatoms. The summed E-state index contributed by atoms with van der Waals surface area (Å²) in [6, 6.07) is 9.55. The van der Waals surface area contributed by atoms with Gasteiger partial charge in [-0.3, -0.25) is 0 Å². The normalized spacial score (nSPS) is 19.1. The number of benzene rings is 2. The van der Waals surface area contributed by atoms with Gasteiger partial charge >= 0.3 is 5.97 Å². The van der Waals surface area contributed by atoms with E-state index in [4.69, 9.17) is 37.9 Å². The molecule has 0 bridgehead atoms. The molecule has 1 fully saturated rings. The highest BCUT2D eigenvalue weighted by Gasteiger charge is 2.42. The van der Waals surface area contributed by atoms with Crippen LogP contribution in [0.15, 0.2) is 48.6 Å². The maximum atomic E-state index is 13.4. The number of esters is 1. The molecule has 0 spiro atoms. The van der Waals surface area contributed by atoms with E-state index < -0.39 is 19.8 Å². The largest absolute Gasteiger partial charge is 0.497 e. The summed E-state index contributed by atoms with van der Waals surface area (Å²) in [6.07, 6.45) is 9.50. The van der Waals surface area contributed by atoms with Gasteiger partial charge in [-0.05, 0) is 51.3 Å². The van der Waals surface area contributed by atoms with E-state index in [9.17, 15) is 4.79 Å². The van der Waals surface area contributed by atoms with Crippen molar-refractivity contribution in [2.75, 3.05) is 34.7 Å². The Labute approximate surface area is 282 Å². The summed E-state index contributed by atoms with van der Waals surface area (Å²) in [4.78, 5) is 13.4. The van der Waals surface area contributed by atoms with Gasteiger partial charge in [0.25, 0.3) is 0 Å². The second-order valence-corrected chi connectivity index (χ2v) is 18.9. The Morgan fingerprint density at radius 1 is 0.936 bits per heavy atom. The standard InChI is InChI=1S/C37H54O9Si/c1-25(14-12-15-26(2)43-23-27-18-20-28(39-5)21-19-27)34-30(45-37(3,4)46-34)17-13-16-29-33(36(38)44-24-47(9,10)11)31(40-6)22-32(41-7)35(29)42-8/h12-14,16,18-22,25-26,30,34H,15,17,23-24H2,1-11H3/b14-12-,16-13+/t25?,26-,30+,34-/m1/s1. The number of ether oxygens (including phenoxy) is 8. The fraction of sp³-hybridized carbons (Fsp3) is 0.541. The summed E-state index contributed by atoms with van der Waals surface area (Å²) < 4.78 is 46.7. The lowest BCUT2D eigenvalue weighted by Crippen LogP contribution is -2.30. The third-order valence-corrected chi connectivity index (χ3v) is 8.73. The minimum absolute atomic E-state index is 0.0536. The van der Waals surface area contributed by atoms with Gasteiger partial charge < -0.3 is 37.9 Å². The van der Waals surface area contributed by atoms with Gasteiger partial charge in [0, 0.05) is 17.5 Å². The summed E-state index contributed by atoms with van der Waals surface area (Å²) in [6.45, 7) is 15.0. The van der Waals surface area contributed by atoms with E-state index in [1.165, 1.54) is 7.11 Å². The number of carbonyl (C=O) groups is 1. The van der Waals surface area contributed by atoms with Crippen LogP contribution in [-0.2, 0) is 25.6 Å². The molecule has 0 radical (unpaired) electrons. The van der Waals surface area contributed by atoms with Crippen LogP contribution in [0.3, 0.4) is 0 Å². The SMILES string of the molecule is COc1ccc(CO[C@H](C)C/C=C\C(C)[C@H]2OC(C)(C)O[C@H]2C/C=C/c2c(OC)c(OC)cc(OC)c2C(=O)OC[Si](C)(C)C)cc1. The molecule has 0 aromatic heterocycles. The van der Waals surface area contributed by atoms with Gasteiger partial charge in [0.2, 0.25) is 0 Å². The maximum absolute atomic E-state index is 13.4. The van der Waals surface area contributed by atoms with Gasteiger partial charge in [0.05, 0.1) is 67.7 Å². The molecule has 0 amide bonds. The molecule has 47 heavy (non-hydrogen) atoms. The molecule has 0 aliphatic carbocycles. The molecule has 2 aromatic rings. The van der Waals surface area contributed by atoms with E-state index in [0.717, 1.165) is 17.7 Å². The molecule has 1 aliphatic heterocycles. The minimum atomic E-state index is -1.66. The zero-order chi connectivity index (χ0) is 34.8. The second-order valence-electron chi connectivity index (χ2n) is 13.5. The quantitative estimate of drug-likeness (QED) is 0.0948. The lowest BCUT2D eigenvalue weighted by Gasteiger charge is -2.21. The molecule has 3 rings (SSSR count). The van der Waals surface area contributed by atoms with Crippen LogP contribution in [0.2, 0.25) is 19.6 Å². The van der Waals surface area contributed by atoms with E-state index in [1.807, 2.05) is 50.3 Å². The van der Waals surface area contributed by atoms with E-state index in [-0.39, 0.29) is 24.2 Å². The molecule has 2 aromatic carbocycles. The highest BCUT2D eigenvalue weighted by atomic mass is 28.3. The summed E-state index contributed by atoms with van der Waals surface area (Å²) in [5.74, 6) is 0.936. The number of methoxy groups -OCH3 is 4. The summed E-state index contributed by atoms with van der Waals surface area (Å²) in [7, 11) is 4.62. The van der Waals surface area contributed by atoms with Gasteiger partial charge in [-0.1, -0.05) is 63.0 Å². The van der Waals surface area contributed by atoms with Crippen molar-refractivity contribution in [2.45, 2.75) is 90.9 Å². The zero-order valence-corrected chi connectivity index (χ0v) is 31.0. The first-order valence-electron chi connectivity index (χ1n) is 16.1. The minimum Gasteiger partial charge on any atom is -0.497 e. The molecular weight excluding hydrogens is 616 g/mol. The third kappa shape index (κ3) is 11.1. The number of carbonyl (C=O) groups excluding carboxylic acids is 1. The fourth-order valence-electron chi connectivity index (χ4n) is 5.32. The van der Waals surface area contributed by atoms with Crippen LogP contribution in [0.25, 0.3) is 6.08 Å². The average Bonchev–Trinajstić information content (AvgIpc) is 3.35. The van der Waals surface area contributed by atoms with Crippen molar-refractivity contribution < 1.29 is 42.7 Å². The van der Waals surface area contributed by atoms with E-state index in [1.54, 1.807) is 27.4 Å². The van der Waals surface area contributed by atoms with Crippen molar-refractivity contribution >= 4 is 20.1 Å². The van der Waals surface area contributed by atoms with Gasteiger partial charge in [-0.15, -0.1) is 0 Å². The van der Waals surface area contributed by atoms with E-state index in [0.29, 0.717) is 47.6 Å². The Bertz CT molecular complexity index is 1360. The van der Waals surface area contributed by atoms with Crippen LogP contribution in [0, 0.1) is 5.92 Å². The Morgan fingerprint density at radius 3 is 2.21 bits per heavy atom. The molecule has 1 unspecified atom stereocenters. The smallest absolute Gasteiger partial charge is 0.342 e. The number of hydrogen-bond acceptors (Lipinski definition) is 9. The molecule has 0 N–H and O–H groups in total. The molecule has 1 saturated heterocycles. The molecule has 0 saturated carbocycles. The third-order valence-electron chi connectivity index (χ3n) is 7.72. The van der Waals surface area contributed by atoms with Crippen molar-refractivity contribution in [1.29, 1.82) is 0 Å². The Balaban J connectivity index is 1.73. The first kappa shape index (κ1) is 38.1. The summed E-state index contributed by atoms with van der Waals surface area (Å²) in [5, 5.41) is 0. The highest BCUT2D eigenvalue weighted by Crippen LogP contribution is 2.41. The zero-order valence-electron chi connectivity index (χ0n) is 30.0. The maximum Gasteiger partial charge on any atom is 0.342 e. The van der Waals surface area contributed by atoms with Crippen molar-refractivity contribution in [1.82, 2.24) is 0 Å². The molecule has 9 nitrogen and oxygen atoms in total. The summed E-state index contributed by atoms with van der Waals surface area (Å²) in [5.41, 5.74) is 1.92. The van der Waals surface area contributed by atoms with Crippen LogP contribution in [0.4, 0.5) is 0 Å². The van der Waals surface area contributed by atoms with Crippen LogP contribution < -0.4 is 18.9 Å². The van der Waals surface area contributed by atoms with Gasteiger partial charge in [-0.25, -0.2) is 4.79 Å². The molecule has 260 valence electrons. The average molecular weight is 671 g/mol. The van der Waals surface area contributed by atoms with Gasteiger partial charge in [-0.2, -0.15) is 0 Å². The predicted octanol–water partition coefficient (Wildman–Crippen LogP) is 7.87. The first-order chi connectivity index (χ1) is 22.2. The Morgan fingerprint density at radius 2 is 1.62 bits per heavy atom. The Kier molecular flexibility index (Phi) is 14.0. The predicted molar refractivity (Wildman–Crippen MR) is 187 cm³/mol. The lowest BCUT2D eigenvalue weighted by molar-refractivity contribution is -0.148. The number of hydrogen-bond donors (Lipinski definition) is 0. The van der Waals surface area contributed by atoms with Crippen molar-refractivity contribution in [3.63, 3.8) is 0 Å². The van der Waals surface area contributed by atoms with E-state index >= 15 is 0 Å². The lowest BCUT2D eigenvalue weighted by atomic mass is 9.96. The fourth-order valence-corrected chi connectivity index (χ4v) is 5.88. The van der Waals surface area contributed by atoms with Crippen molar-refractivity contribution in [3.8, 4) is 23.0 Å². The number of rotatable bonds is 17. The van der Waals surface area contributed by atoms with Crippen LogP contribution in [0.5, 0.6) is 23.0 Å². The second kappa shape index (κ2) is 17.2. The molecule has 4 atom stereocenters. The monoisotopic (exact) mass is 670 g/mol. The van der Waals surface area contributed by atoms with Crippen LogP contribution >= 0.6 is 0 Å². The van der Waals surface area contributed by atoms with E-state index in [2.05, 4.69) is 45.6 Å². The topological polar surface area (TPSA) is 90.9 Å². The summed E-state index contributed by atoms with van der Waals surface area (Å²) >= 11 is 0. The van der Waals surface area contributed by atoms with Crippen molar-refractivity contribution in [3.05, 3.63) is 65.3 Å². The van der Waals surface area contributed by atoms with Gasteiger partial charge in [0.1, 0.15) is 17.1 Å². The molecule has 1 heterocycles. The highest BCUT2D eigenvalue weighted by molar-refractivity contribution is 6.76.